The van der Waals surface area contributed by atoms with E-state index in [4.69, 9.17) is 0 Å². The van der Waals surface area contributed by atoms with Crippen LogP contribution < -0.4 is 0 Å². The predicted octanol–water partition coefficient (Wildman–Crippen LogP) is 1.84. The highest BCUT2D eigenvalue weighted by Crippen LogP contribution is 2.01. The molecule has 0 atom stereocenters. The zero-order valence-electron chi connectivity index (χ0n) is 6.63. The summed E-state index contributed by atoms with van der Waals surface area (Å²) in [6.45, 7) is 4.13. The number of imidazole rings is 1. The first-order valence-electron chi connectivity index (χ1n) is 3.32. The van der Waals surface area contributed by atoms with Crippen LogP contribution in [0.4, 0.5) is 0 Å². The molecule has 2 heteroatoms. The molecular formula is C8H12N2. The first-order chi connectivity index (χ1) is 4.70. The maximum absolute atomic E-state index is 4.14. The van der Waals surface area contributed by atoms with Gasteiger partial charge < -0.3 is 4.57 Å². The summed E-state index contributed by atoms with van der Waals surface area (Å²) in [6.07, 6.45) is 5.80. The van der Waals surface area contributed by atoms with Crippen molar-refractivity contribution in [3.8, 4) is 0 Å². The first-order valence-corrected chi connectivity index (χ1v) is 3.32. The van der Waals surface area contributed by atoms with Crippen LogP contribution in [-0.2, 0) is 7.05 Å². The largest absolute Gasteiger partial charge is 0.335 e. The van der Waals surface area contributed by atoms with Crippen LogP contribution in [0.25, 0.3) is 6.08 Å². The van der Waals surface area contributed by atoms with Gasteiger partial charge in [0.1, 0.15) is 5.82 Å². The molecule has 2 nitrogen and oxygen atoms in total. The molecule has 0 aliphatic carbocycles. The van der Waals surface area contributed by atoms with E-state index in [1.807, 2.05) is 17.8 Å². The van der Waals surface area contributed by atoms with Crippen molar-refractivity contribution in [3.05, 3.63) is 23.8 Å². The number of aryl methyl sites for hydroxylation is 1. The molecule has 1 heterocycles. The Morgan fingerprint density at radius 3 is 2.70 bits per heavy atom. The Morgan fingerprint density at radius 1 is 1.60 bits per heavy atom. The molecule has 54 valence electrons. The molecule has 0 amide bonds. The molecule has 0 aliphatic rings. The number of aromatic nitrogens is 2. The van der Waals surface area contributed by atoms with Crippen LogP contribution >= 0.6 is 0 Å². The van der Waals surface area contributed by atoms with E-state index < -0.39 is 0 Å². The fraction of sp³-hybridized carbons (Fsp3) is 0.375. The Kier molecular flexibility index (Phi) is 1.90. The van der Waals surface area contributed by atoms with E-state index >= 15 is 0 Å². The molecule has 10 heavy (non-hydrogen) atoms. The predicted molar refractivity (Wildman–Crippen MR) is 42.5 cm³/mol. The van der Waals surface area contributed by atoms with Gasteiger partial charge in [-0.1, -0.05) is 5.57 Å². The average Bonchev–Trinajstić information content (AvgIpc) is 2.15. The molecule has 1 aromatic rings. The molecule has 0 bridgehead atoms. The van der Waals surface area contributed by atoms with Gasteiger partial charge >= 0.3 is 0 Å². The molecule has 0 radical (unpaired) electrons. The number of hydrogen-bond acceptors (Lipinski definition) is 1. The van der Waals surface area contributed by atoms with Gasteiger partial charge in [0.25, 0.3) is 0 Å². The van der Waals surface area contributed by atoms with Gasteiger partial charge in [0, 0.05) is 19.4 Å². The summed E-state index contributed by atoms with van der Waals surface area (Å²) in [5.74, 6) is 1.01. The summed E-state index contributed by atoms with van der Waals surface area (Å²) in [4.78, 5) is 4.14. The average molecular weight is 136 g/mol. The van der Waals surface area contributed by atoms with Gasteiger partial charge in [0.05, 0.1) is 0 Å². The second-order valence-corrected chi connectivity index (χ2v) is 2.62. The van der Waals surface area contributed by atoms with E-state index in [2.05, 4.69) is 24.9 Å². The van der Waals surface area contributed by atoms with E-state index in [1.54, 1.807) is 6.20 Å². The normalized spacial score (nSPS) is 9.50. The zero-order chi connectivity index (χ0) is 7.56. The molecule has 0 unspecified atom stereocenters. The molecule has 0 fully saturated rings. The smallest absolute Gasteiger partial charge is 0.132 e. The van der Waals surface area contributed by atoms with E-state index in [-0.39, 0.29) is 0 Å². The highest BCUT2D eigenvalue weighted by atomic mass is 15.0. The Hall–Kier alpha value is -1.05. The van der Waals surface area contributed by atoms with E-state index in [0.717, 1.165) is 5.82 Å². The van der Waals surface area contributed by atoms with Crippen molar-refractivity contribution in [1.29, 1.82) is 0 Å². The Balaban J connectivity index is 2.95. The maximum Gasteiger partial charge on any atom is 0.132 e. The van der Waals surface area contributed by atoms with Gasteiger partial charge in [-0.05, 0) is 19.9 Å². The summed E-state index contributed by atoms with van der Waals surface area (Å²) >= 11 is 0. The van der Waals surface area contributed by atoms with Crippen molar-refractivity contribution in [2.75, 3.05) is 0 Å². The van der Waals surface area contributed by atoms with E-state index in [9.17, 15) is 0 Å². The number of rotatable bonds is 1. The van der Waals surface area contributed by atoms with Gasteiger partial charge in [-0.3, -0.25) is 0 Å². The maximum atomic E-state index is 4.14. The lowest BCUT2D eigenvalue weighted by atomic mass is 10.3. The number of hydrogen-bond donors (Lipinski definition) is 0. The van der Waals surface area contributed by atoms with Gasteiger partial charge in [0.2, 0.25) is 0 Å². The van der Waals surface area contributed by atoms with Crippen LogP contribution in [0.2, 0.25) is 0 Å². The van der Waals surface area contributed by atoms with Crippen LogP contribution in [-0.4, -0.2) is 9.55 Å². The highest BCUT2D eigenvalue weighted by Gasteiger charge is 1.91. The fourth-order valence-corrected chi connectivity index (χ4v) is 0.774. The van der Waals surface area contributed by atoms with Crippen LogP contribution in [0.5, 0.6) is 0 Å². The second-order valence-electron chi connectivity index (χ2n) is 2.62. The van der Waals surface area contributed by atoms with Gasteiger partial charge in [0.15, 0.2) is 0 Å². The number of nitrogens with zero attached hydrogens (tertiary/aromatic N) is 2. The summed E-state index contributed by atoms with van der Waals surface area (Å²) in [5, 5.41) is 0. The highest BCUT2D eigenvalue weighted by molar-refractivity contribution is 5.43. The molecule has 0 aliphatic heterocycles. The molecule has 0 aromatic carbocycles. The molecule has 0 saturated carbocycles. The van der Waals surface area contributed by atoms with Crippen LogP contribution in [0, 0.1) is 0 Å². The minimum absolute atomic E-state index is 1.01. The zero-order valence-corrected chi connectivity index (χ0v) is 6.63. The van der Waals surface area contributed by atoms with Crippen molar-refractivity contribution in [3.63, 3.8) is 0 Å². The summed E-state index contributed by atoms with van der Waals surface area (Å²) in [5.41, 5.74) is 1.27. The molecule has 0 spiro atoms. The lowest BCUT2D eigenvalue weighted by Crippen LogP contribution is -1.89. The van der Waals surface area contributed by atoms with Crippen molar-refractivity contribution < 1.29 is 0 Å². The third kappa shape index (κ3) is 1.47. The minimum Gasteiger partial charge on any atom is -0.335 e. The standard InChI is InChI=1S/C8H12N2/c1-7(2)6-8-9-4-5-10(8)3/h4-6H,1-3H3. The van der Waals surface area contributed by atoms with Crippen LogP contribution in [0.1, 0.15) is 19.7 Å². The molecular weight excluding hydrogens is 124 g/mol. The molecule has 1 aromatic heterocycles. The van der Waals surface area contributed by atoms with Crippen molar-refractivity contribution in [2.24, 2.45) is 7.05 Å². The Bertz CT molecular complexity index is 242. The van der Waals surface area contributed by atoms with Crippen molar-refractivity contribution in [2.45, 2.75) is 13.8 Å². The summed E-state index contributed by atoms with van der Waals surface area (Å²) in [6, 6.07) is 0. The van der Waals surface area contributed by atoms with Gasteiger partial charge in [-0.15, -0.1) is 0 Å². The van der Waals surface area contributed by atoms with Crippen LogP contribution in [0.15, 0.2) is 18.0 Å². The van der Waals surface area contributed by atoms with E-state index in [0.29, 0.717) is 0 Å². The van der Waals surface area contributed by atoms with Crippen molar-refractivity contribution >= 4 is 6.08 Å². The van der Waals surface area contributed by atoms with Gasteiger partial charge in [-0.2, -0.15) is 0 Å². The molecule has 0 N–H and O–H groups in total. The van der Waals surface area contributed by atoms with Crippen molar-refractivity contribution in [1.82, 2.24) is 9.55 Å². The SMILES string of the molecule is CC(C)=Cc1nccn1C. The fourth-order valence-electron chi connectivity index (χ4n) is 0.774. The lowest BCUT2D eigenvalue weighted by molar-refractivity contribution is 0.896. The Morgan fingerprint density at radius 2 is 2.30 bits per heavy atom. The summed E-state index contributed by atoms with van der Waals surface area (Å²) in [7, 11) is 1.99. The quantitative estimate of drug-likeness (QED) is 0.576. The van der Waals surface area contributed by atoms with Crippen LogP contribution in [0.3, 0.4) is 0 Å². The topological polar surface area (TPSA) is 17.8 Å². The molecule has 0 saturated heterocycles. The lowest BCUT2D eigenvalue weighted by Gasteiger charge is -1.93. The van der Waals surface area contributed by atoms with E-state index in [1.165, 1.54) is 5.57 Å². The third-order valence-electron chi connectivity index (χ3n) is 1.28. The summed E-state index contributed by atoms with van der Waals surface area (Å²) < 4.78 is 1.99. The van der Waals surface area contributed by atoms with Gasteiger partial charge in [-0.25, -0.2) is 4.98 Å². The number of allylic oxidation sites excluding steroid dienone is 1. The molecule has 1 rings (SSSR count). The second kappa shape index (κ2) is 2.69. The monoisotopic (exact) mass is 136 g/mol. The third-order valence-corrected chi connectivity index (χ3v) is 1.28. The first kappa shape index (κ1) is 7.06. The minimum atomic E-state index is 1.01. The Labute approximate surface area is 61.2 Å².